The molecule has 82 heavy (non-hydrogen) atoms. The molecule has 15 heteroatoms. The highest BCUT2D eigenvalue weighted by Gasteiger charge is 2.78. The van der Waals surface area contributed by atoms with Crippen LogP contribution in [0.5, 0.6) is 11.5 Å². The Kier molecular flexibility index (Phi) is 9.62. The number of aliphatic hydroxyl groups excluding tert-OH is 5. The third kappa shape index (κ3) is 5.64. The van der Waals surface area contributed by atoms with Gasteiger partial charge in [0.2, 0.25) is 5.78 Å². The standard InChI is InChI=1S/C67H69N5O10/c1-32-22-37-47(43(73)23-32)54(76)49-44-24-36-35(48(49)53(37)75)14-21-68-59(36)69-28-46(74)64-30-62(17-4-5-18-62)40-11-7-10-33-8-6-9-34-12-13-42-56(71-31-70-42)66(33,34)45-25-38(50(40)64)52(72-45)39-26-65(81-44)57(78)55(77)58(79)67(82-65)51(39)41(64)27-63(60(67)80)20-19-61(29-63)15-2-3-16-61/h14,21-26,31,33-34,40,46,50,55,57-58,60,72-74,77-80H,2-6,8-10,12-13,15-20,27-30H2,1H3,(H,68,69)(H,70,71)/t33-,34-,40-,46-,50-,55-,57-,58+,60+,63+,64+,65-,66-,67+/m1/s1. The summed E-state index contributed by atoms with van der Waals surface area (Å²) in [7, 11) is 0. The number of anilines is 1. The molecule has 1 saturated heterocycles. The van der Waals surface area contributed by atoms with Gasteiger partial charge in [-0.1, -0.05) is 43.6 Å². The molecule has 5 aromatic rings. The second kappa shape index (κ2) is 16.0. The molecule has 14 aliphatic rings. The molecule has 10 aliphatic carbocycles. The second-order valence-corrected chi connectivity index (χ2v) is 28.2. The van der Waals surface area contributed by atoms with Crippen LogP contribution in [0, 0.1) is 58.2 Å². The third-order valence-electron chi connectivity index (χ3n) is 24.8. The zero-order chi connectivity index (χ0) is 55.4. The first-order chi connectivity index (χ1) is 39.6. The van der Waals surface area contributed by atoms with Crippen molar-refractivity contribution in [2.45, 2.75) is 182 Å². The molecule has 2 aromatic carbocycles. The van der Waals surface area contributed by atoms with Crippen LogP contribution in [0.2, 0.25) is 0 Å². The molecule has 7 heterocycles. The SMILES string of the molecule is Cc1cc(O)c2c(c1)C(=O)c1c(c3cc4c(nccc14)NC[C@@H](O)[C@]14CC5(CCCC5)[C@@H]5C#CC[C@H]6CCC[C@@H]7CCc8[nH]cnc8[C@@]76c6cc(c([nH]6)C6=C[C@@]7(O3)O[C@@]3(C6=C1C[C@]1(CCC6(CCCC6)C1)[C@@H]3O)[C@@H](O)[C@H](O)[C@H]7O)[C@H]54)C2=O. The number of imidazole rings is 1. The van der Waals surface area contributed by atoms with Crippen LogP contribution >= 0.6 is 0 Å². The Balaban J connectivity index is 0.995. The summed E-state index contributed by atoms with van der Waals surface area (Å²) >= 11 is 0. The number of aromatic nitrogens is 4. The number of H-pyrrole nitrogens is 2. The molecule has 422 valence electrons. The monoisotopic (exact) mass is 1100 g/mol. The first-order valence-corrected chi connectivity index (χ1v) is 30.8. The number of benzene rings is 2. The van der Waals surface area contributed by atoms with Gasteiger partial charge in [0.15, 0.2) is 17.5 Å². The Bertz CT molecular complexity index is 3890. The van der Waals surface area contributed by atoms with Gasteiger partial charge in [0.1, 0.15) is 29.5 Å². The van der Waals surface area contributed by atoms with Gasteiger partial charge in [-0.05, 0) is 172 Å². The zero-order valence-corrected chi connectivity index (χ0v) is 46.2. The summed E-state index contributed by atoms with van der Waals surface area (Å²) in [6.45, 7) is 1.73. The van der Waals surface area contributed by atoms with Crippen LogP contribution in [0.25, 0.3) is 16.3 Å². The minimum Gasteiger partial charge on any atom is -0.507 e. The molecule has 19 rings (SSSR count). The number of nitrogens with zero attached hydrogens (tertiary/aromatic N) is 2. The number of aromatic hydroxyl groups is 1. The summed E-state index contributed by atoms with van der Waals surface area (Å²) < 4.78 is 15.1. The number of carbonyl (C=O) groups is 2. The number of phenols is 1. The van der Waals surface area contributed by atoms with Crippen molar-refractivity contribution in [2.75, 3.05) is 11.9 Å². The normalized spacial score (nSPS) is 39.7. The lowest BCUT2D eigenvalue weighted by molar-refractivity contribution is -0.366. The number of aromatic amines is 2. The van der Waals surface area contributed by atoms with Crippen molar-refractivity contribution < 1.29 is 49.7 Å². The van der Waals surface area contributed by atoms with Crippen molar-refractivity contribution in [1.82, 2.24) is 19.9 Å². The van der Waals surface area contributed by atoms with Gasteiger partial charge < -0.3 is 55.4 Å². The molecule has 4 aliphatic heterocycles. The van der Waals surface area contributed by atoms with Crippen LogP contribution in [0.1, 0.15) is 187 Å². The molecule has 10 bridgehead atoms. The average Bonchev–Trinajstić information content (AvgIpc) is 2.47. The molecule has 7 spiro atoms. The lowest BCUT2D eigenvalue weighted by atomic mass is 9.50. The van der Waals surface area contributed by atoms with Crippen LogP contribution < -0.4 is 10.1 Å². The fourth-order valence-corrected chi connectivity index (χ4v) is 21.8. The maximum Gasteiger partial charge on any atom is 0.261 e. The lowest BCUT2D eigenvalue weighted by Gasteiger charge is -2.64. The summed E-state index contributed by atoms with van der Waals surface area (Å²) in [4.78, 5) is 48.7. The van der Waals surface area contributed by atoms with Gasteiger partial charge in [-0.2, -0.15) is 0 Å². The minimum absolute atomic E-state index is 0.00880. The molecular formula is C67H69N5O10. The quantitative estimate of drug-likeness (QED) is 0.0650. The van der Waals surface area contributed by atoms with E-state index in [1.807, 2.05) is 6.33 Å². The van der Waals surface area contributed by atoms with Crippen molar-refractivity contribution in [1.29, 1.82) is 0 Å². The molecule has 3 aromatic heterocycles. The Morgan fingerprint density at radius 2 is 1.62 bits per heavy atom. The van der Waals surface area contributed by atoms with E-state index < -0.39 is 75.6 Å². The van der Waals surface area contributed by atoms with Gasteiger partial charge in [-0.25, -0.2) is 9.97 Å². The lowest BCUT2D eigenvalue weighted by Crippen LogP contribution is -2.79. The van der Waals surface area contributed by atoms with Crippen molar-refractivity contribution >= 4 is 33.7 Å². The van der Waals surface area contributed by atoms with Gasteiger partial charge in [0, 0.05) is 81.0 Å². The highest BCUT2D eigenvalue weighted by molar-refractivity contribution is 6.34. The Hall–Kier alpha value is -6.12. The number of phenolic OH excluding ortho intramolecular Hbond substituents is 1. The molecule has 14 atom stereocenters. The number of nitrogens with one attached hydrogen (secondary N) is 3. The molecule has 9 N–H and O–H groups in total. The molecule has 0 radical (unpaired) electrons. The van der Waals surface area contributed by atoms with Gasteiger partial charge >= 0.3 is 0 Å². The second-order valence-electron chi connectivity index (χ2n) is 28.2. The number of aliphatic hydroxyl groups is 5. The van der Waals surface area contributed by atoms with Crippen LogP contribution in [-0.4, -0.2) is 111 Å². The van der Waals surface area contributed by atoms with Gasteiger partial charge in [-0.3, -0.25) is 9.59 Å². The molecule has 5 saturated carbocycles. The van der Waals surface area contributed by atoms with E-state index in [-0.39, 0.29) is 68.9 Å². The number of fused-ring (bicyclic) bond motifs is 8. The minimum atomic E-state index is -2.48. The highest BCUT2D eigenvalue weighted by atomic mass is 16.7. The van der Waals surface area contributed by atoms with E-state index in [2.05, 4.69) is 33.2 Å². The number of hydrogen-bond donors (Lipinski definition) is 9. The predicted octanol–water partition coefficient (Wildman–Crippen LogP) is 8.40. The van der Waals surface area contributed by atoms with Crippen molar-refractivity contribution in [3.8, 4) is 23.3 Å². The van der Waals surface area contributed by atoms with Crippen LogP contribution in [0.4, 0.5) is 5.82 Å². The summed E-state index contributed by atoms with van der Waals surface area (Å²) in [5.74, 6) is 3.80. The molecule has 15 nitrogen and oxygen atoms in total. The van der Waals surface area contributed by atoms with Crippen molar-refractivity contribution in [2.24, 2.45) is 39.4 Å². The fourth-order valence-electron chi connectivity index (χ4n) is 21.8. The van der Waals surface area contributed by atoms with E-state index in [9.17, 15) is 30.6 Å². The maximum absolute atomic E-state index is 15.5. The number of aryl methyl sites for hydroxylation is 2. The fraction of sp³-hybridized carbons (Fsp3) is 0.552. The van der Waals surface area contributed by atoms with E-state index in [0.717, 1.165) is 118 Å². The Morgan fingerprint density at radius 3 is 2.46 bits per heavy atom. The van der Waals surface area contributed by atoms with Crippen LogP contribution in [0.3, 0.4) is 0 Å². The smallest absolute Gasteiger partial charge is 0.261 e. The van der Waals surface area contributed by atoms with E-state index in [1.165, 1.54) is 6.07 Å². The van der Waals surface area contributed by atoms with Crippen LogP contribution in [-0.2, 0) is 16.6 Å². The number of hydrogen-bond acceptors (Lipinski definition) is 13. The first-order valence-electron chi connectivity index (χ1n) is 30.8. The van der Waals surface area contributed by atoms with E-state index in [0.29, 0.717) is 71.1 Å². The number of rotatable bonds is 0. The topological polar surface area (TPSA) is 243 Å². The summed E-state index contributed by atoms with van der Waals surface area (Å²) in [5.41, 5.74) is 1.70. The first kappa shape index (κ1) is 49.3. The summed E-state index contributed by atoms with van der Waals surface area (Å²) in [6.07, 6.45) is 13.2. The van der Waals surface area contributed by atoms with Gasteiger partial charge in [0.25, 0.3) is 5.79 Å². The number of pyridine rings is 1. The zero-order valence-electron chi connectivity index (χ0n) is 46.2. The van der Waals surface area contributed by atoms with Gasteiger partial charge in [-0.15, -0.1) is 5.92 Å². The summed E-state index contributed by atoms with van der Waals surface area (Å²) in [5, 5.41) is 84.6. The van der Waals surface area contributed by atoms with Crippen molar-refractivity contribution in [3.63, 3.8) is 0 Å². The third-order valence-corrected chi connectivity index (χ3v) is 24.8. The summed E-state index contributed by atoms with van der Waals surface area (Å²) in [6, 6.07) is 8.69. The highest BCUT2D eigenvalue weighted by Crippen LogP contribution is 2.78. The van der Waals surface area contributed by atoms with E-state index in [4.69, 9.17) is 19.4 Å². The number of ketones is 2. The molecule has 0 unspecified atom stereocenters. The Labute approximate surface area is 474 Å². The van der Waals surface area contributed by atoms with E-state index >= 15 is 9.59 Å². The molecule has 0 amide bonds. The largest absolute Gasteiger partial charge is 0.507 e. The maximum atomic E-state index is 15.5. The Morgan fingerprint density at radius 1 is 0.805 bits per heavy atom. The van der Waals surface area contributed by atoms with Crippen molar-refractivity contribution in [3.05, 3.63) is 116 Å². The number of ether oxygens (including phenoxy) is 2. The van der Waals surface area contributed by atoms with E-state index in [1.54, 1.807) is 37.4 Å². The molecule has 6 fully saturated rings. The molecular weight excluding hydrogens is 1030 g/mol. The number of carbonyl (C=O) groups excluding carboxylic acids is 2. The predicted molar refractivity (Wildman–Crippen MR) is 300 cm³/mol. The van der Waals surface area contributed by atoms with Gasteiger partial charge in [0.05, 0.1) is 40.8 Å². The van der Waals surface area contributed by atoms with Crippen LogP contribution in [0.15, 0.2) is 60.1 Å². The average molecular weight is 1100 g/mol.